The number of hydrogen-bond acceptors (Lipinski definition) is 6. The number of hydrogen-bond donors (Lipinski definition) is 0. The van der Waals surface area contributed by atoms with Gasteiger partial charge in [-0.3, -0.25) is 4.90 Å². The van der Waals surface area contributed by atoms with Crippen LogP contribution in [0.4, 0.5) is 10.5 Å². The van der Waals surface area contributed by atoms with E-state index in [0.29, 0.717) is 11.3 Å². The summed E-state index contributed by atoms with van der Waals surface area (Å²) in [6, 6.07) is 7.14. The molecule has 1 aliphatic heterocycles. The maximum Gasteiger partial charge on any atom is 1.00 e. The molecule has 2 atom stereocenters. The van der Waals surface area contributed by atoms with E-state index in [2.05, 4.69) is 0 Å². The maximum absolute atomic E-state index is 13.6. The summed E-state index contributed by atoms with van der Waals surface area (Å²) in [5.74, 6) is -2.36. The fourth-order valence-electron chi connectivity index (χ4n) is 4.09. The SMILES string of the molecule is CCOC(=O)[C@@]1(C(C)C)[C@H](C=C([O-])OC(C)(C)C)c2ccccc2N1C(=O)OC(C)(C)C.[K+]. The van der Waals surface area contributed by atoms with E-state index in [-0.39, 0.29) is 58.0 Å². The molecule has 2 rings (SSSR count). The number of anilines is 1. The largest absolute Gasteiger partial charge is 1.00 e. The second kappa shape index (κ2) is 11.1. The van der Waals surface area contributed by atoms with Gasteiger partial charge in [0.25, 0.3) is 0 Å². The van der Waals surface area contributed by atoms with Gasteiger partial charge in [0.2, 0.25) is 0 Å². The molecule has 1 heterocycles. The van der Waals surface area contributed by atoms with Crippen LogP contribution in [0.25, 0.3) is 0 Å². The molecular weight excluding hydrogens is 449 g/mol. The molecule has 0 saturated heterocycles. The van der Waals surface area contributed by atoms with E-state index in [1.165, 1.54) is 11.0 Å². The molecular formula is C25H36KNO6. The van der Waals surface area contributed by atoms with Crippen molar-refractivity contribution in [2.45, 2.75) is 85.0 Å². The molecule has 0 aliphatic carbocycles. The second-order valence-corrected chi connectivity index (χ2v) is 10.3. The fraction of sp³-hybridized carbons (Fsp3) is 0.600. The number of fused-ring (bicyclic) bond motifs is 1. The number of nitrogens with zero attached hydrogens (tertiary/aromatic N) is 1. The number of rotatable bonds is 5. The number of esters is 1. The Bertz CT molecular complexity index is 884. The number of amides is 1. The van der Waals surface area contributed by atoms with E-state index in [9.17, 15) is 14.7 Å². The van der Waals surface area contributed by atoms with Crippen LogP contribution in [0.15, 0.2) is 36.3 Å². The first-order chi connectivity index (χ1) is 14.6. The first kappa shape index (κ1) is 30.0. The zero-order valence-corrected chi connectivity index (χ0v) is 24.8. The topological polar surface area (TPSA) is 88.1 Å². The predicted molar refractivity (Wildman–Crippen MR) is 121 cm³/mol. The Morgan fingerprint density at radius 3 is 2.12 bits per heavy atom. The van der Waals surface area contributed by atoms with Crippen LogP contribution in [0.5, 0.6) is 0 Å². The van der Waals surface area contributed by atoms with Crippen molar-refractivity contribution < 1.29 is 80.3 Å². The zero-order valence-electron chi connectivity index (χ0n) is 21.6. The molecule has 0 radical (unpaired) electrons. The van der Waals surface area contributed by atoms with Gasteiger partial charge >= 0.3 is 63.4 Å². The van der Waals surface area contributed by atoms with Crippen molar-refractivity contribution in [2.75, 3.05) is 11.5 Å². The summed E-state index contributed by atoms with van der Waals surface area (Å²) in [7, 11) is 0. The van der Waals surface area contributed by atoms with Crippen molar-refractivity contribution in [1.82, 2.24) is 0 Å². The predicted octanol–water partition coefficient (Wildman–Crippen LogP) is 1.50. The Morgan fingerprint density at radius 1 is 1.09 bits per heavy atom. The standard InChI is InChI=1S/C25H37NO6.K/c1-10-30-21(28)25(16(2)3)18(15-20(27)31-23(4,5)6)17-13-11-12-14-19(17)26(25)22(29)32-24(7,8)9;/h11-16,18,27H,10H2,1-9H3;/q;+1/p-1/t18-,25-;/m1./s1. The zero-order chi connectivity index (χ0) is 24.5. The van der Waals surface area contributed by atoms with Gasteiger partial charge in [0, 0.05) is 17.5 Å². The number of carbonyl (C=O) groups is 2. The molecule has 0 spiro atoms. The first-order valence-electron chi connectivity index (χ1n) is 11.0. The van der Waals surface area contributed by atoms with Crippen LogP contribution in [0.3, 0.4) is 0 Å². The quantitative estimate of drug-likeness (QED) is 0.357. The first-order valence-corrected chi connectivity index (χ1v) is 11.0. The van der Waals surface area contributed by atoms with Gasteiger partial charge in [-0.2, -0.15) is 0 Å². The van der Waals surface area contributed by atoms with Crippen molar-refractivity contribution in [3.63, 3.8) is 0 Å². The van der Waals surface area contributed by atoms with Gasteiger partial charge in [-0.15, -0.1) is 0 Å². The van der Waals surface area contributed by atoms with Gasteiger partial charge in [-0.25, -0.2) is 9.59 Å². The maximum atomic E-state index is 13.6. The van der Waals surface area contributed by atoms with Crippen LogP contribution < -0.4 is 61.4 Å². The average Bonchev–Trinajstić information content (AvgIpc) is 2.90. The fourth-order valence-corrected chi connectivity index (χ4v) is 4.09. The summed E-state index contributed by atoms with van der Waals surface area (Å²) < 4.78 is 16.7. The van der Waals surface area contributed by atoms with Crippen LogP contribution >= 0.6 is 0 Å². The Labute approximate surface area is 240 Å². The number of ether oxygens (including phenoxy) is 3. The summed E-state index contributed by atoms with van der Waals surface area (Å²) in [5.41, 5.74) is -1.84. The molecule has 1 aliphatic rings. The van der Waals surface area contributed by atoms with E-state index in [0.717, 1.165) is 0 Å². The molecule has 1 aromatic carbocycles. The smallest absolute Gasteiger partial charge is 0.608 e. The summed E-state index contributed by atoms with van der Waals surface area (Å²) in [5, 5.41) is 12.9. The van der Waals surface area contributed by atoms with Gasteiger partial charge in [-0.05, 0) is 45.2 Å². The molecule has 1 aromatic rings. The second-order valence-electron chi connectivity index (χ2n) is 10.3. The summed E-state index contributed by atoms with van der Waals surface area (Å²) >= 11 is 0. The van der Waals surface area contributed by atoms with Gasteiger partial charge in [-0.1, -0.05) is 58.9 Å². The van der Waals surface area contributed by atoms with Crippen molar-refractivity contribution >= 4 is 17.7 Å². The molecule has 0 bridgehead atoms. The Kier molecular flexibility index (Phi) is 10.1. The minimum Gasteiger partial charge on any atom is -0.608 e. The molecule has 1 amide bonds. The summed E-state index contributed by atoms with van der Waals surface area (Å²) in [4.78, 5) is 28.4. The molecule has 8 heteroatoms. The third-order valence-electron chi connectivity index (χ3n) is 5.13. The van der Waals surface area contributed by atoms with Crippen LogP contribution in [-0.4, -0.2) is 35.4 Å². The Balaban J connectivity index is 0.00000544. The molecule has 0 N–H and O–H groups in total. The molecule has 178 valence electrons. The van der Waals surface area contributed by atoms with E-state index < -0.39 is 46.6 Å². The van der Waals surface area contributed by atoms with Crippen molar-refractivity contribution in [2.24, 2.45) is 5.92 Å². The van der Waals surface area contributed by atoms with Crippen molar-refractivity contribution in [3.8, 4) is 0 Å². The number of para-hydroxylation sites is 1. The van der Waals surface area contributed by atoms with E-state index in [4.69, 9.17) is 14.2 Å². The van der Waals surface area contributed by atoms with Gasteiger partial charge in [0.05, 0.1) is 12.3 Å². The third kappa shape index (κ3) is 6.54. The third-order valence-corrected chi connectivity index (χ3v) is 5.13. The average molecular weight is 486 g/mol. The van der Waals surface area contributed by atoms with E-state index in [1.807, 2.05) is 26.0 Å². The Hall–Kier alpha value is -1.06. The van der Waals surface area contributed by atoms with Crippen LogP contribution in [-0.2, 0) is 19.0 Å². The molecule has 0 aromatic heterocycles. The summed E-state index contributed by atoms with van der Waals surface area (Å²) in [6.45, 7) is 16.1. The Morgan fingerprint density at radius 2 is 1.64 bits per heavy atom. The van der Waals surface area contributed by atoms with Crippen LogP contribution in [0.2, 0.25) is 0 Å². The number of carbonyl (C=O) groups excluding carboxylic acids is 2. The number of benzene rings is 1. The van der Waals surface area contributed by atoms with E-state index >= 15 is 0 Å². The van der Waals surface area contributed by atoms with E-state index in [1.54, 1.807) is 60.6 Å². The van der Waals surface area contributed by atoms with Crippen molar-refractivity contribution in [1.29, 1.82) is 0 Å². The minimum atomic E-state index is -1.51. The minimum absolute atomic E-state index is 0. The van der Waals surface area contributed by atoms with Gasteiger partial charge < -0.3 is 19.3 Å². The molecule has 0 fully saturated rings. The molecule has 0 unspecified atom stereocenters. The van der Waals surface area contributed by atoms with Gasteiger partial charge in [0.1, 0.15) is 5.60 Å². The monoisotopic (exact) mass is 485 g/mol. The molecule has 33 heavy (non-hydrogen) atoms. The van der Waals surface area contributed by atoms with Crippen LogP contribution in [0, 0.1) is 5.92 Å². The van der Waals surface area contributed by atoms with Crippen LogP contribution in [0.1, 0.15) is 73.8 Å². The normalized spacial score (nSPS) is 20.7. The molecule has 0 saturated carbocycles. The van der Waals surface area contributed by atoms with Gasteiger partial charge in [0.15, 0.2) is 5.54 Å². The summed E-state index contributed by atoms with van der Waals surface area (Å²) in [6.07, 6.45) is 0.706. The molecule has 7 nitrogen and oxygen atoms in total. The van der Waals surface area contributed by atoms with Crippen molar-refractivity contribution in [3.05, 3.63) is 41.9 Å².